The van der Waals surface area contributed by atoms with E-state index in [2.05, 4.69) is 5.32 Å². The molecule has 1 aliphatic rings. The molecular formula is C19H19NO4. The van der Waals surface area contributed by atoms with Crippen molar-refractivity contribution in [1.82, 2.24) is 5.32 Å². The molecule has 2 atom stereocenters. The van der Waals surface area contributed by atoms with Crippen molar-refractivity contribution < 1.29 is 19.4 Å². The minimum atomic E-state index is -1.08. The first-order chi connectivity index (χ1) is 11.6. The third kappa shape index (κ3) is 3.63. The number of carboxylic acids is 1. The summed E-state index contributed by atoms with van der Waals surface area (Å²) in [5.74, 6) is -1.42. The van der Waals surface area contributed by atoms with Crippen LogP contribution in [0.2, 0.25) is 0 Å². The highest BCUT2D eigenvalue weighted by Crippen LogP contribution is 2.29. The predicted octanol–water partition coefficient (Wildman–Crippen LogP) is 2.63. The zero-order valence-corrected chi connectivity index (χ0v) is 13.1. The normalized spacial score (nSPS) is 17.6. The van der Waals surface area contributed by atoms with E-state index in [1.54, 1.807) is 30.3 Å². The summed E-state index contributed by atoms with van der Waals surface area (Å²) >= 11 is 0. The first-order valence-electron chi connectivity index (χ1n) is 7.91. The van der Waals surface area contributed by atoms with Crippen LogP contribution in [0.5, 0.6) is 0 Å². The van der Waals surface area contributed by atoms with Crippen LogP contribution in [0.3, 0.4) is 0 Å². The largest absolute Gasteiger partial charge is 0.479 e. The quantitative estimate of drug-likeness (QED) is 0.886. The van der Waals surface area contributed by atoms with Crippen LogP contribution in [-0.4, -0.2) is 23.6 Å². The van der Waals surface area contributed by atoms with Gasteiger partial charge in [-0.15, -0.1) is 0 Å². The minimum Gasteiger partial charge on any atom is -0.479 e. The smallest absolute Gasteiger partial charge is 0.330 e. The van der Waals surface area contributed by atoms with Gasteiger partial charge >= 0.3 is 5.97 Å². The summed E-state index contributed by atoms with van der Waals surface area (Å²) in [6.07, 6.45) is 0.601. The van der Waals surface area contributed by atoms with Gasteiger partial charge in [0.05, 0.1) is 19.1 Å². The van der Waals surface area contributed by atoms with E-state index in [-0.39, 0.29) is 18.4 Å². The van der Waals surface area contributed by atoms with Crippen LogP contribution in [0, 0.1) is 0 Å². The standard InChI is InChI=1S/C19H19NO4/c21-17(20-18(19(22)23)14-7-2-1-3-8-14)12-16-15-9-5-4-6-13(15)10-11-24-16/h1-9,16,18H,10-12H2,(H,20,21)(H,22,23)/t16?,18-/m1/s1. The van der Waals surface area contributed by atoms with E-state index in [0.29, 0.717) is 12.2 Å². The molecule has 0 saturated heterocycles. The molecule has 0 fully saturated rings. The number of carboxylic acid groups (broad SMARTS) is 1. The van der Waals surface area contributed by atoms with E-state index < -0.39 is 12.0 Å². The molecule has 0 aliphatic carbocycles. The Labute approximate surface area is 140 Å². The van der Waals surface area contributed by atoms with E-state index in [9.17, 15) is 14.7 Å². The number of fused-ring (bicyclic) bond motifs is 1. The highest BCUT2D eigenvalue weighted by atomic mass is 16.5. The molecule has 5 heteroatoms. The third-order valence-electron chi connectivity index (χ3n) is 4.15. The number of nitrogens with one attached hydrogen (secondary N) is 1. The summed E-state index contributed by atoms with van der Waals surface area (Å²) in [5, 5.41) is 12.0. The van der Waals surface area contributed by atoms with Crippen molar-refractivity contribution in [3.05, 3.63) is 71.3 Å². The fourth-order valence-corrected chi connectivity index (χ4v) is 2.97. The lowest BCUT2D eigenvalue weighted by molar-refractivity contribution is -0.142. The highest BCUT2D eigenvalue weighted by molar-refractivity contribution is 5.84. The molecule has 1 amide bonds. The van der Waals surface area contributed by atoms with E-state index in [4.69, 9.17) is 4.74 Å². The Hall–Kier alpha value is -2.66. The van der Waals surface area contributed by atoms with Crippen molar-refractivity contribution in [1.29, 1.82) is 0 Å². The Kier molecular flexibility index (Phi) is 4.91. The lowest BCUT2D eigenvalue weighted by Gasteiger charge is -2.26. The monoisotopic (exact) mass is 325 g/mol. The van der Waals surface area contributed by atoms with Gasteiger partial charge in [0.1, 0.15) is 0 Å². The van der Waals surface area contributed by atoms with Gasteiger partial charge in [0.2, 0.25) is 5.91 Å². The fraction of sp³-hybridized carbons (Fsp3) is 0.263. The second-order valence-electron chi connectivity index (χ2n) is 5.76. The summed E-state index contributed by atoms with van der Waals surface area (Å²) in [6.45, 7) is 0.565. The van der Waals surface area contributed by atoms with Gasteiger partial charge in [-0.1, -0.05) is 54.6 Å². The number of carbonyl (C=O) groups is 2. The maximum Gasteiger partial charge on any atom is 0.330 e. The molecule has 24 heavy (non-hydrogen) atoms. The van der Waals surface area contributed by atoms with Gasteiger partial charge in [0.15, 0.2) is 6.04 Å². The molecule has 3 rings (SSSR count). The van der Waals surface area contributed by atoms with E-state index in [1.165, 1.54) is 5.56 Å². The Bertz CT molecular complexity index is 729. The lowest BCUT2D eigenvalue weighted by atomic mass is 9.95. The van der Waals surface area contributed by atoms with Crippen LogP contribution in [0.1, 0.15) is 35.3 Å². The molecule has 5 nitrogen and oxygen atoms in total. The van der Waals surface area contributed by atoms with Crippen molar-refractivity contribution >= 4 is 11.9 Å². The number of amides is 1. The highest BCUT2D eigenvalue weighted by Gasteiger charge is 2.26. The number of rotatable bonds is 5. The summed E-state index contributed by atoms with van der Waals surface area (Å²) < 4.78 is 5.71. The zero-order valence-electron chi connectivity index (χ0n) is 13.1. The maximum absolute atomic E-state index is 12.4. The average molecular weight is 325 g/mol. The van der Waals surface area contributed by atoms with Gasteiger partial charge in [-0.2, -0.15) is 0 Å². The van der Waals surface area contributed by atoms with Gasteiger partial charge in [-0.25, -0.2) is 4.79 Å². The minimum absolute atomic E-state index is 0.105. The lowest BCUT2D eigenvalue weighted by Crippen LogP contribution is -2.35. The van der Waals surface area contributed by atoms with Crippen molar-refractivity contribution in [2.75, 3.05) is 6.61 Å². The Morgan fingerprint density at radius 2 is 1.83 bits per heavy atom. The van der Waals surface area contributed by atoms with E-state index in [1.807, 2.05) is 24.3 Å². The second kappa shape index (κ2) is 7.27. The van der Waals surface area contributed by atoms with Gasteiger partial charge in [0.25, 0.3) is 0 Å². The molecule has 0 spiro atoms. The summed E-state index contributed by atoms with van der Waals surface area (Å²) in [6, 6.07) is 15.5. The topological polar surface area (TPSA) is 75.6 Å². The molecule has 124 valence electrons. The van der Waals surface area contributed by atoms with Gasteiger partial charge in [0, 0.05) is 0 Å². The fourth-order valence-electron chi connectivity index (χ4n) is 2.97. The maximum atomic E-state index is 12.4. The van der Waals surface area contributed by atoms with Gasteiger partial charge < -0.3 is 15.2 Å². The third-order valence-corrected chi connectivity index (χ3v) is 4.15. The number of aliphatic carboxylic acids is 1. The molecule has 1 heterocycles. The predicted molar refractivity (Wildman–Crippen MR) is 88.4 cm³/mol. The molecule has 2 aromatic carbocycles. The number of carbonyl (C=O) groups excluding carboxylic acids is 1. The van der Waals surface area contributed by atoms with Crippen LogP contribution in [0.4, 0.5) is 0 Å². The number of hydrogen-bond donors (Lipinski definition) is 2. The van der Waals surface area contributed by atoms with Crippen LogP contribution in [0.15, 0.2) is 54.6 Å². The number of ether oxygens (including phenoxy) is 1. The molecule has 2 N–H and O–H groups in total. The first-order valence-corrected chi connectivity index (χ1v) is 7.91. The zero-order chi connectivity index (χ0) is 16.9. The molecule has 1 unspecified atom stereocenters. The van der Waals surface area contributed by atoms with E-state index >= 15 is 0 Å². The first kappa shape index (κ1) is 16.2. The van der Waals surface area contributed by atoms with Crippen molar-refractivity contribution in [2.24, 2.45) is 0 Å². The molecule has 0 bridgehead atoms. The Morgan fingerprint density at radius 3 is 2.58 bits per heavy atom. The van der Waals surface area contributed by atoms with Crippen molar-refractivity contribution in [3.8, 4) is 0 Å². The number of benzene rings is 2. The van der Waals surface area contributed by atoms with E-state index in [0.717, 1.165) is 12.0 Å². The SMILES string of the molecule is O=C(CC1OCCc2ccccc21)N[C@@H](C(=O)O)c1ccccc1. The molecule has 1 aliphatic heterocycles. The average Bonchev–Trinajstić information content (AvgIpc) is 2.60. The van der Waals surface area contributed by atoms with Crippen molar-refractivity contribution in [2.45, 2.75) is 25.0 Å². The summed E-state index contributed by atoms with van der Waals surface area (Å²) in [7, 11) is 0. The Balaban J connectivity index is 1.70. The summed E-state index contributed by atoms with van der Waals surface area (Å²) in [5.41, 5.74) is 2.73. The number of hydrogen-bond acceptors (Lipinski definition) is 3. The molecule has 0 aromatic heterocycles. The summed E-state index contributed by atoms with van der Waals surface area (Å²) in [4.78, 5) is 23.8. The van der Waals surface area contributed by atoms with Gasteiger partial charge in [-0.3, -0.25) is 4.79 Å². The van der Waals surface area contributed by atoms with Crippen LogP contribution in [0.25, 0.3) is 0 Å². The van der Waals surface area contributed by atoms with Gasteiger partial charge in [-0.05, 0) is 23.1 Å². The Morgan fingerprint density at radius 1 is 1.12 bits per heavy atom. The van der Waals surface area contributed by atoms with Crippen LogP contribution in [-0.2, 0) is 20.7 Å². The molecule has 0 radical (unpaired) electrons. The molecular weight excluding hydrogens is 306 g/mol. The van der Waals surface area contributed by atoms with Crippen molar-refractivity contribution in [3.63, 3.8) is 0 Å². The second-order valence-corrected chi connectivity index (χ2v) is 5.76. The van der Waals surface area contributed by atoms with Crippen LogP contribution >= 0.6 is 0 Å². The van der Waals surface area contributed by atoms with Crippen LogP contribution < -0.4 is 5.32 Å². The molecule has 0 saturated carbocycles. The molecule has 2 aromatic rings.